The van der Waals surface area contributed by atoms with Crippen molar-refractivity contribution in [2.45, 2.75) is 44.8 Å². The predicted octanol–water partition coefficient (Wildman–Crippen LogP) is 3.40. The highest BCUT2D eigenvalue weighted by Gasteiger charge is 2.07. The van der Waals surface area contributed by atoms with E-state index in [1.54, 1.807) is 0 Å². The Kier molecular flexibility index (Phi) is 7.06. The van der Waals surface area contributed by atoms with Gasteiger partial charge in [0.1, 0.15) is 10.8 Å². The van der Waals surface area contributed by atoms with Gasteiger partial charge in [-0.3, -0.25) is 4.79 Å². The van der Waals surface area contributed by atoms with Crippen LogP contribution in [0.1, 0.15) is 31.4 Å². The van der Waals surface area contributed by atoms with E-state index in [1.165, 1.54) is 22.9 Å². The molecule has 2 N–H and O–H groups in total. The molecule has 0 radical (unpaired) electrons. The first-order valence-corrected chi connectivity index (χ1v) is 9.10. The van der Waals surface area contributed by atoms with Gasteiger partial charge >= 0.3 is 0 Å². The number of amides is 1. The second kappa shape index (κ2) is 9.27. The van der Waals surface area contributed by atoms with Gasteiger partial charge in [-0.2, -0.15) is 0 Å². The molecule has 1 aromatic carbocycles. The molecule has 5 nitrogen and oxygen atoms in total. The molecule has 24 heavy (non-hydrogen) atoms. The quantitative estimate of drug-likeness (QED) is 0.719. The summed E-state index contributed by atoms with van der Waals surface area (Å²) in [5.41, 5.74) is 2.44. The molecule has 1 atom stereocenters. The number of aromatic nitrogens is 2. The van der Waals surface area contributed by atoms with Gasteiger partial charge in [0.15, 0.2) is 0 Å². The molecular formula is C18H24N4OS. The van der Waals surface area contributed by atoms with Gasteiger partial charge in [-0.05, 0) is 38.0 Å². The van der Waals surface area contributed by atoms with Crippen LogP contribution in [0.15, 0.2) is 41.4 Å². The third-order valence-corrected chi connectivity index (χ3v) is 4.53. The fourth-order valence-corrected chi connectivity index (χ4v) is 2.57. The monoisotopic (exact) mass is 344 g/mol. The second-order valence-corrected chi connectivity index (χ2v) is 6.76. The minimum atomic E-state index is 0.0257. The summed E-state index contributed by atoms with van der Waals surface area (Å²) in [5, 5.41) is 15.2. The molecule has 1 aromatic heterocycles. The van der Waals surface area contributed by atoms with Gasteiger partial charge < -0.3 is 10.6 Å². The van der Waals surface area contributed by atoms with Crippen LogP contribution in [-0.4, -0.2) is 27.9 Å². The number of carbonyl (C=O) groups is 1. The smallest absolute Gasteiger partial charge is 0.230 e. The molecule has 0 saturated carbocycles. The van der Waals surface area contributed by atoms with Gasteiger partial charge in [0.2, 0.25) is 5.91 Å². The summed E-state index contributed by atoms with van der Waals surface area (Å²) in [4.78, 5) is 11.7. The number of nitrogens with zero attached hydrogens (tertiary/aromatic N) is 2. The molecule has 2 aromatic rings. The average Bonchev–Trinajstić information content (AvgIpc) is 2.60. The Morgan fingerprint density at radius 1 is 1.17 bits per heavy atom. The van der Waals surface area contributed by atoms with Crippen LogP contribution in [0.3, 0.4) is 0 Å². The molecule has 128 valence electrons. The summed E-state index contributed by atoms with van der Waals surface area (Å²) in [6, 6.07) is 12.3. The van der Waals surface area contributed by atoms with Crippen LogP contribution in [0.5, 0.6) is 0 Å². The summed E-state index contributed by atoms with van der Waals surface area (Å²) in [7, 11) is 0. The van der Waals surface area contributed by atoms with Crippen molar-refractivity contribution in [3.63, 3.8) is 0 Å². The first kappa shape index (κ1) is 18.3. The zero-order valence-corrected chi connectivity index (χ0v) is 15.2. The van der Waals surface area contributed by atoms with Gasteiger partial charge in [0, 0.05) is 12.6 Å². The number of hydrogen-bond donors (Lipinski definition) is 2. The Hall–Kier alpha value is -2.08. The molecule has 0 unspecified atom stereocenters. The van der Waals surface area contributed by atoms with Crippen molar-refractivity contribution in [2.75, 3.05) is 11.1 Å². The maximum absolute atomic E-state index is 11.7. The average molecular weight is 344 g/mol. The molecular weight excluding hydrogens is 320 g/mol. The van der Waals surface area contributed by atoms with E-state index in [9.17, 15) is 4.79 Å². The number of rotatable bonds is 8. The number of thioether (sulfide) groups is 1. The van der Waals surface area contributed by atoms with Gasteiger partial charge in [-0.1, -0.05) is 48.5 Å². The van der Waals surface area contributed by atoms with Crippen LogP contribution in [0.2, 0.25) is 0 Å². The number of carbonyl (C=O) groups excluding carboxylic acids is 1. The highest BCUT2D eigenvalue weighted by Crippen LogP contribution is 2.15. The third-order valence-electron chi connectivity index (χ3n) is 3.61. The van der Waals surface area contributed by atoms with Crippen LogP contribution in [0.4, 0.5) is 5.82 Å². The van der Waals surface area contributed by atoms with Crippen molar-refractivity contribution in [1.82, 2.24) is 15.5 Å². The highest BCUT2D eigenvalue weighted by molar-refractivity contribution is 7.99. The van der Waals surface area contributed by atoms with Crippen molar-refractivity contribution >= 4 is 23.5 Å². The second-order valence-electron chi connectivity index (χ2n) is 5.76. The molecule has 0 aliphatic rings. The fourth-order valence-electron chi connectivity index (χ4n) is 1.95. The van der Waals surface area contributed by atoms with E-state index in [-0.39, 0.29) is 11.9 Å². The van der Waals surface area contributed by atoms with Crippen LogP contribution in [0, 0.1) is 6.92 Å². The Bertz CT molecular complexity index is 643. The first-order valence-electron chi connectivity index (χ1n) is 8.12. The Morgan fingerprint density at radius 2 is 1.92 bits per heavy atom. The molecule has 0 bridgehead atoms. The third kappa shape index (κ3) is 6.20. The minimum absolute atomic E-state index is 0.0257. The molecule has 1 amide bonds. The summed E-state index contributed by atoms with van der Waals surface area (Å²) in [5.74, 6) is 1.11. The lowest BCUT2D eigenvalue weighted by Gasteiger charge is -2.10. The molecule has 1 heterocycles. The van der Waals surface area contributed by atoms with E-state index in [2.05, 4.69) is 52.0 Å². The summed E-state index contributed by atoms with van der Waals surface area (Å²) < 4.78 is 0. The minimum Gasteiger partial charge on any atom is -0.365 e. The van der Waals surface area contributed by atoms with Crippen molar-refractivity contribution < 1.29 is 4.79 Å². The summed E-state index contributed by atoms with van der Waals surface area (Å²) >= 11 is 1.39. The van der Waals surface area contributed by atoms with Gasteiger partial charge in [-0.25, -0.2) is 0 Å². The molecule has 0 saturated heterocycles. The van der Waals surface area contributed by atoms with Crippen molar-refractivity contribution in [3.05, 3.63) is 47.5 Å². The number of nitrogens with one attached hydrogen (secondary N) is 2. The van der Waals surface area contributed by atoms with Crippen LogP contribution < -0.4 is 10.6 Å². The zero-order valence-electron chi connectivity index (χ0n) is 14.4. The SMILES string of the molecule is CC[C@@H](C)NC(=O)CSc1ccc(NCc2ccc(C)cc2)nn1. The molecule has 0 aliphatic carbocycles. The Balaban J connectivity index is 1.78. The fraction of sp³-hybridized carbons (Fsp3) is 0.389. The zero-order chi connectivity index (χ0) is 17.4. The van der Waals surface area contributed by atoms with Crippen LogP contribution in [-0.2, 0) is 11.3 Å². The standard InChI is InChI=1S/C18H24N4OS/c1-4-14(3)20-17(23)12-24-18-10-9-16(21-22-18)19-11-15-7-5-13(2)6-8-15/h5-10,14H,4,11-12H2,1-3H3,(H,19,21)(H,20,23)/t14-/m1/s1. The van der Waals surface area contributed by atoms with E-state index in [0.717, 1.165) is 17.3 Å². The molecule has 6 heteroatoms. The van der Waals surface area contributed by atoms with E-state index in [4.69, 9.17) is 0 Å². The molecule has 2 rings (SSSR count). The van der Waals surface area contributed by atoms with Gasteiger partial charge in [0.25, 0.3) is 0 Å². The first-order chi connectivity index (χ1) is 11.6. The number of benzene rings is 1. The lowest BCUT2D eigenvalue weighted by Crippen LogP contribution is -2.33. The number of aryl methyl sites for hydroxylation is 1. The molecule has 0 aliphatic heterocycles. The molecule has 0 fully saturated rings. The van der Waals surface area contributed by atoms with Crippen molar-refractivity contribution in [1.29, 1.82) is 0 Å². The van der Waals surface area contributed by atoms with E-state index < -0.39 is 0 Å². The van der Waals surface area contributed by atoms with E-state index in [1.807, 2.05) is 26.0 Å². The van der Waals surface area contributed by atoms with Crippen LogP contribution in [0.25, 0.3) is 0 Å². The lowest BCUT2D eigenvalue weighted by molar-refractivity contribution is -0.119. The summed E-state index contributed by atoms with van der Waals surface area (Å²) in [6.07, 6.45) is 0.928. The maximum atomic E-state index is 11.7. The largest absolute Gasteiger partial charge is 0.365 e. The van der Waals surface area contributed by atoms with Crippen LogP contribution >= 0.6 is 11.8 Å². The van der Waals surface area contributed by atoms with Crippen molar-refractivity contribution in [2.24, 2.45) is 0 Å². The lowest BCUT2D eigenvalue weighted by atomic mass is 10.1. The Labute approximate surface area is 147 Å². The normalized spacial score (nSPS) is 11.8. The van der Waals surface area contributed by atoms with Gasteiger partial charge in [-0.15, -0.1) is 10.2 Å². The predicted molar refractivity (Wildman–Crippen MR) is 99.2 cm³/mol. The van der Waals surface area contributed by atoms with E-state index in [0.29, 0.717) is 12.3 Å². The number of anilines is 1. The highest BCUT2D eigenvalue weighted by atomic mass is 32.2. The summed E-state index contributed by atoms with van der Waals surface area (Å²) in [6.45, 7) is 6.82. The van der Waals surface area contributed by atoms with Crippen molar-refractivity contribution in [3.8, 4) is 0 Å². The Morgan fingerprint density at radius 3 is 2.54 bits per heavy atom. The van der Waals surface area contributed by atoms with Gasteiger partial charge in [0.05, 0.1) is 5.75 Å². The number of hydrogen-bond acceptors (Lipinski definition) is 5. The molecule has 0 spiro atoms. The maximum Gasteiger partial charge on any atom is 0.230 e. The van der Waals surface area contributed by atoms with E-state index >= 15 is 0 Å². The topological polar surface area (TPSA) is 66.9 Å².